The minimum absolute atomic E-state index is 0.102. The lowest BCUT2D eigenvalue weighted by molar-refractivity contribution is -0.0355. The monoisotopic (exact) mass is 770 g/mol. The SMILES string of the molecule is C1CC2COCC(C1)N2.Clc1nc(Cl)nc(N2C3COCC2COC3)n1.Clc1nc(N2C3CCCC2COC3)nc(N2C3COCC2COC3)n1. The van der Waals surface area contributed by atoms with Crippen LogP contribution in [0.1, 0.15) is 38.5 Å². The van der Waals surface area contributed by atoms with Crippen LogP contribution in [-0.4, -0.2) is 158 Å². The summed E-state index contributed by atoms with van der Waals surface area (Å²) in [7, 11) is 0. The smallest absolute Gasteiger partial charge is 0.232 e. The number of nitrogens with one attached hydrogen (secondary N) is 1. The van der Waals surface area contributed by atoms with Gasteiger partial charge < -0.3 is 48.4 Å². The Kier molecular flexibility index (Phi) is 11.7. The highest BCUT2D eigenvalue weighted by atomic mass is 35.5. The lowest BCUT2D eigenvalue weighted by Gasteiger charge is -2.47. The third kappa shape index (κ3) is 8.40. The molecule has 4 unspecified atom stereocenters. The molecule has 0 radical (unpaired) electrons. The molecule has 0 spiro atoms. The Balaban J connectivity index is 0.000000123. The number of rotatable bonds is 3. The van der Waals surface area contributed by atoms with E-state index in [1.165, 1.54) is 25.7 Å². The molecule has 8 aliphatic rings. The van der Waals surface area contributed by atoms with Gasteiger partial charge in [-0.2, -0.15) is 29.9 Å². The average Bonchev–Trinajstić information content (AvgIpc) is 3.11. The molecule has 1 N–H and O–H groups in total. The third-order valence-electron chi connectivity index (χ3n) is 10.6. The number of ether oxygens (including phenoxy) is 6. The second kappa shape index (κ2) is 16.6. The van der Waals surface area contributed by atoms with Crippen molar-refractivity contribution in [3.63, 3.8) is 0 Å². The number of halogens is 3. The zero-order valence-corrected chi connectivity index (χ0v) is 30.7. The zero-order valence-electron chi connectivity index (χ0n) is 28.5. The van der Waals surface area contributed by atoms with Crippen LogP contribution in [0, 0.1) is 0 Å². The van der Waals surface area contributed by atoms with Crippen LogP contribution in [0.2, 0.25) is 15.9 Å². The topological polar surface area (TPSA) is 154 Å². The fourth-order valence-electron chi connectivity index (χ4n) is 8.32. The Morgan fingerprint density at radius 3 is 1.12 bits per heavy atom. The van der Waals surface area contributed by atoms with Crippen molar-refractivity contribution in [3.8, 4) is 0 Å². The Bertz CT molecular complexity index is 1330. The Morgan fingerprint density at radius 2 is 0.706 bits per heavy atom. The molecule has 19 heteroatoms. The maximum Gasteiger partial charge on any atom is 0.232 e. The molecular formula is C32H45Cl3N10O6. The molecule has 10 rings (SSSR count). The number of hydrogen-bond acceptors (Lipinski definition) is 16. The molecule has 0 saturated carbocycles. The maximum absolute atomic E-state index is 6.29. The van der Waals surface area contributed by atoms with Gasteiger partial charge in [-0.05, 0) is 66.9 Å². The maximum atomic E-state index is 6.29. The number of piperidine rings is 2. The predicted molar refractivity (Wildman–Crippen MR) is 188 cm³/mol. The van der Waals surface area contributed by atoms with Gasteiger partial charge in [0.25, 0.3) is 0 Å². The van der Waals surface area contributed by atoms with Crippen molar-refractivity contribution in [2.45, 2.75) is 86.9 Å². The van der Waals surface area contributed by atoms with E-state index in [1.807, 2.05) is 0 Å². The summed E-state index contributed by atoms with van der Waals surface area (Å²) in [5.74, 6) is 1.82. The molecule has 0 aliphatic carbocycles. The second-order valence-electron chi connectivity index (χ2n) is 14.2. The van der Waals surface area contributed by atoms with Crippen LogP contribution in [-0.2, 0) is 28.4 Å². The van der Waals surface area contributed by atoms with Gasteiger partial charge in [0.1, 0.15) is 0 Å². The van der Waals surface area contributed by atoms with Gasteiger partial charge in [-0.25, -0.2) is 0 Å². The van der Waals surface area contributed by atoms with Crippen molar-refractivity contribution in [1.29, 1.82) is 0 Å². The van der Waals surface area contributed by atoms with E-state index < -0.39 is 0 Å². The standard InChI is InChI=1S/C16H22ClN5O3.C9H10Cl2N4O2.C7H13NO/c17-14-18-15(21-10-2-1-3-11(21)5-23-4-10)20-16(19-14)22-12-6-24-8-13(22)9-25-7-12;10-7-12-8(11)14-9(13-7)15-5-1-16-3-6(15)4-17-2-5;1-2-6-4-9-5-7(3-1)8-6/h10-13H,1-9H2;5-6H,1-4H2;6-8H,1-5H2. The fraction of sp³-hybridized carbons (Fsp3) is 0.812. The lowest BCUT2D eigenvalue weighted by Crippen LogP contribution is -2.60. The fourth-order valence-corrected chi connectivity index (χ4v) is 8.83. The van der Waals surface area contributed by atoms with E-state index in [4.69, 9.17) is 68.2 Å². The number of nitrogens with zero attached hydrogens (tertiary/aromatic N) is 9. The first-order valence-electron chi connectivity index (χ1n) is 18.0. The number of morpholine rings is 6. The molecule has 8 saturated heterocycles. The van der Waals surface area contributed by atoms with Crippen molar-refractivity contribution in [3.05, 3.63) is 15.9 Å². The van der Waals surface area contributed by atoms with Gasteiger partial charge in [0.05, 0.1) is 116 Å². The molecule has 2 aromatic heterocycles. The number of hydrogen-bond donors (Lipinski definition) is 1. The molecule has 10 heterocycles. The van der Waals surface area contributed by atoms with E-state index in [0.717, 1.165) is 39.3 Å². The molecular weight excluding hydrogens is 727 g/mol. The van der Waals surface area contributed by atoms with Crippen LogP contribution in [0.5, 0.6) is 0 Å². The van der Waals surface area contributed by atoms with Crippen LogP contribution in [0.15, 0.2) is 0 Å². The molecule has 8 fully saturated rings. The van der Waals surface area contributed by atoms with E-state index in [-0.39, 0.29) is 40.0 Å². The van der Waals surface area contributed by atoms with Crippen molar-refractivity contribution in [1.82, 2.24) is 35.2 Å². The summed E-state index contributed by atoms with van der Waals surface area (Å²) < 4.78 is 33.4. The predicted octanol–water partition coefficient (Wildman–Crippen LogP) is 2.20. The third-order valence-corrected chi connectivity index (χ3v) is 11.1. The molecule has 51 heavy (non-hydrogen) atoms. The Labute approximate surface area is 312 Å². The first kappa shape index (κ1) is 36.0. The van der Waals surface area contributed by atoms with Gasteiger partial charge in [-0.3, -0.25) is 0 Å². The zero-order chi connectivity index (χ0) is 34.7. The van der Waals surface area contributed by atoms with E-state index >= 15 is 0 Å². The van der Waals surface area contributed by atoms with Gasteiger partial charge in [-0.15, -0.1) is 0 Å². The summed E-state index contributed by atoms with van der Waals surface area (Å²) in [5, 5.41) is 3.98. The second-order valence-corrected chi connectivity index (χ2v) is 15.2. The molecule has 4 atom stereocenters. The van der Waals surface area contributed by atoms with Crippen molar-refractivity contribution >= 4 is 52.6 Å². The molecule has 8 bridgehead atoms. The highest BCUT2D eigenvalue weighted by Crippen LogP contribution is 2.33. The molecule has 0 aromatic carbocycles. The Morgan fingerprint density at radius 1 is 0.392 bits per heavy atom. The van der Waals surface area contributed by atoms with Gasteiger partial charge in [-0.1, -0.05) is 6.42 Å². The molecule has 280 valence electrons. The van der Waals surface area contributed by atoms with Crippen LogP contribution in [0.4, 0.5) is 17.8 Å². The van der Waals surface area contributed by atoms with Crippen LogP contribution >= 0.6 is 34.8 Å². The van der Waals surface area contributed by atoms with Gasteiger partial charge in [0.2, 0.25) is 33.7 Å². The van der Waals surface area contributed by atoms with E-state index in [9.17, 15) is 0 Å². The summed E-state index contributed by atoms with van der Waals surface area (Å²) >= 11 is 17.9. The van der Waals surface area contributed by atoms with Gasteiger partial charge >= 0.3 is 0 Å². The van der Waals surface area contributed by atoms with Gasteiger partial charge in [0.15, 0.2) is 0 Å². The minimum Gasteiger partial charge on any atom is -0.378 e. The number of anilines is 3. The van der Waals surface area contributed by atoms with Gasteiger partial charge in [0, 0.05) is 12.1 Å². The van der Waals surface area contributed by atoms with E-state index in [0.29, 0.717) is 94.9 Å². The van der Waals surface area contributed by atoms with Crippen molar-refractivity contribution in [2.75, 3.05) is 94.0 Å². The quantitative estimate of drug-likeness (QED) is 0.485. The first-order chi connectivity index (χ1) is 25.0. The molecule has 8 aliphatic heterocycles. The summed E-state index contributed by atoms with van der Waals surface area (Å²) in [5.41, 5.74) is 0. The van der Waals surface area contributed by atoms with E-state index in [2.05, 4.69) is 44.9 Å². The lowest BCUT2D eigenvalue weighted by atomic mass is 9.95. The number of aromatic nitrogens is 6. The van der Waals surface area contributed by atoms with E-state index in [1.54, 1.807) is 0 Å². The van der Waals surface area contributed by atoms with Crippen LogP contribution in [0.25, 0.3) is 0 Å². The molecule has 2 aromatic rings. The van der Waals surface area contributed by atoms with Crippen LogP contribution < -0.4 is 20.0 Å². The van der Waals surface area contributed by atoms with Crippen LogP contribution in [0.3, 0.4) is 0 Å². The molecule has 16 nitrogen and oxygen atoms in total. The van der Waals surface area contributed by atoms with Crippen molar-refractivity contribution < 1.29 is 28.4 Å². The largest absolute Gasteiger partial charge is 0.378 e. The highest BCUT2D eigenvalue weighted by Gasteiger charge is 2.41. The first-order valence-corrected chi connectivity index (χ1v) is 19.2. The summed E-state index contributed by atoms with van der Waals surface area (Å²) in [6.07, 6.45) is 7.46. The minimum atomic E-state index is 0.102. The summed E-state index contributed by atoms with van der Waals surface area (Å²) in [6.45, 7) is 8.21. The number of fused-ring (bicyclic) bond motifs is 8. The molecule has 0 amide bonds. The van der Waals surface area contributed by atoms with Crippen molar-refractivity contribution in [2.24, 2.45) is 0 Å². The summed E-state index contributed by atoms with van der Waals surface area (Å²) in [4.78, 5) is 32.2. The highest BCUT2D eigenvalue weighted by molar-refractivity contribution is 6.31. The summed E-state index contributed by atoms with van der Waals surface area (Å²) in [6, 6.07) is 2.48. The Hall–Kier alpha value is -1.99. The average molecular weight is 772 g/mol. The normalized spacial score (nSPS) is 34.1.